The smallest absolute Gasteiger partial charge is 0.225 e. The van der Waals surface area contributed by atoms with Crippen LogP contribution in [0.15, 0.2) is 29.3 Å². The number of anilines is 1. The molecule has 0 radical (unpaired) electrons. The summed E-state index contributed by atoms with van der Waals surface area (Å²) in [5.74, 6) is 3.59. The number of carbonyl (C=O) groups excluding carboxylic acids is 1. The number of para-hydroxylation sites is 1. The summed E-state index contributed by atoms with van der Waals surface area (Å²) in [5, 5.41) is 10.1. The molecule has 3 N–H and O–H groups in total. The number of halogens is 1. The minimum absolute atomic E-state index is 0. The van der Waals surface area contributed by atoms with Crippen LogP contribution in [0.25, 0.3) is 0 Å². The van der Waals surface area contributed by atoms with Gasteiger partial charge in [0, 0.05) is 68.3 Å². The average molecular weight is 558 g/mol. The van der Waals surface area contributed by atoms with Gasteiger partial charge in [0.15, 0.2) is 5.96 Å². The van der Waals surface area contributed by atoms with Crippen LogP contribution in [-0.2, 0) is 4.79 Å². The Morgan fingerprint density at radius 3 is 2.68 bits per heavy atom. The number of thioether (sulfide) groups is 1. The molecule has 0 bridgehead atoms. The molecule has 31 heavy (non-hydrogen) atoms. The Bertz CT molecular complexity index is 762. The van der Waals surface area contributed by atoms with Crippen molar-refractivity contribution in [1.29, 1.82) is 0 Å². The zero-order valence-corrected chi connectivity index (χ0v) is 21.6. The van der Waals surface area contributed by atoms with Gasteiger partial charge in [0.05, 0.1) is 0 Å². The molecule has 1 saturated carbocycles. The van der Waals surface area contributed by atoms with Gasteiger partial charge in [-0.1, -0.05) is 37.5 Å². The SMILES string of the molecule is CN=C(NCC1CC(=O)Nc2ccccc21)NCC1(N2CCSCC2)CCCCC1.I. The first-order valence-corrected chi connectivity index (χ1v) is 12.5. The summed E-state index contributed by atoms with van der Waals surface area (Å²) in [6.45, 7) is 4.05. The second-order valence-electron chi connectivity index (χ2n) is 8.73. The number of aliphatic imine (C=N–C) groups is 1. The highest BCUT2D eigenvalue weighted by atomic mass is 127. The molecule has 1 atom stereocenters. The van der Waals surface area contributed by atoms with Gasteiger partial charge in [-0.3, -0.25) is 14.7 Å². The number of carbonyl (C=O) groups is 1. The first-order valence-electron chi connectivity index (χ1n) is 11.4. The van der Waals surface area contributed by atoms with Crippen LogP contribution in [0.2, 0.25) is 0 Å². The van der Waals surface area contributed by atoms with Gasteiger partial charge in [0.25, 0.3) is 0 Å². The molecule has 1 aromatic rings. The van der Waals surface area contributed by atoms with Crippen molar-refractivity contribution in [2.45, 2.75) is 50.0 Å². The predicted molar refractivity (Wildman–Crippen MR) is 142 cm³/mol. The highest BCUT2D eigenvalue weighted by Crippen LogP contribution is 2.35. The molecule has 2 heterocycles. The van der Waals surface area contributed by atoms with Gasteiger partial charge < -0.3 is 16.0 Å². The normalized spacial score (nSPS) is 23.8. The number of hydrogen-bond donors (Lipinski definition) is 3. The molecule has 1 unspecified atom stereocenters. The first kappa shape index (κ1) is 24.6. The quantitative estimate of drug-likeness (QED) is 0.293. The Hall–Kier alpha value is -1.000. The van der Waals surface area contributed by atoms with Crippen molar-refractivity contribution in [2.75, 3.05) is 50.0 Å². The molecular weight excluding hydrogens is 521 g/mol. The summed E-state index contributed by atoms with van der Waals surface area (Å²) >= 11 is 2.08. The number of nitrogens with one attached hydrogen (secondary N) is 3. The molecule has 2 aliphatic heterocycles. The van der Waals surface area contributed by atoms with Gasteiger partial charge in [0.2, 0.25) is 5.91 Å². The molecular formula is C23H36IN5OS. The molecule has 2 fully saturated rings. The van der Waals surface area contributed by atoms with E-state index in [1.807, 2.05) is 25.2 Å². The molecule has 1 amide bonds. The van der Waals surface area contributed by atoms with Gasteiger partial charge in [-0.05, 0) is 24.5 Å². The van der Waals surface area contributed by atoms with Crippen LogP contribution in [0.5, 0.6) is 0 Å². The topological polar surface area (TPSA) is 68.8 Å². The molecule has 8 heteroatoms. The molecule has 1 aromatic carbocycles. The Morgan fingerprint density at radius 1 is 1.19 bits per heavy atom. The lowest BCUT2D eigenvalue weighted by molar-refractivity contribution is -0.116. The van der Waals surface area contributed by atoms with Crippen LogP contribution < -0.4 is 16.0 Å². The maximum atomic E-state index is 12.1. The van der Waals surface area contributed by atoms with Crippen LogP contribution in [0.1, 0.15) is 50.0 Å². The molecule has 0 spiro atoms. The van der Waals surface area contributed by atoms with E-state index in [-0.39, 0.29) is 41.3 Å². The van der Waals surface area contributed by atoms with Crippen LogP contribution >= 0.6 is 35.7 Å². The lowest BCUT2D eigenvalue weighted by Gasteiger charge is -2.48. The number of guanidine groups is 1. The van der Waals surface area contributed by atoms with Crippen molar-refractivity contribution in [3.05, 3.63) is 29.8 Å². The van der Waals surface area contributed by atoms with Gasteiger partial charge in [0.1, 0.15) is 0 Å². The highest BCUT2D eigenvalue weighted by Gasteiger charge is 2.38. The van der Waals surface area contributed by atoms with Crippen molar-refractivity contribution in [1.82, 2.24) is 15.5 Å². The lowest BCUT2D eigenvalue weighted by Crippen LogP contribution is -2.60. The zero-order chi connectivity index (χ0) is 20.8. The fraction of sp³-hybridized carbons (Fsp3) is 0.652. The maximum absolute atomic E-state index is 12.1. The Balaban J connectivity index is 0.00000272. The van der Waals surface area contributed by atoms with E-state index in [9.17, 15) is 4.79 Å². The van der Waals surface area contributed by atoms with Crippen LogP contribution in [0, 0.1) is 0 Å². The first-order chi connectivity index (χ1) is 14.7. The minimum atomic E-state index is 0. The summed E-state index contributed by atoms with van der Waals surface area (Å²) in [6, 6.07) is 8.11. The van der Waals surface area contributed by atoms with Gasteiger partial charge >= 0.3 is 0 Å². The zero-order valence-electron chi connectivity index (χ0n) is 18.5. The van der Waals surface area contributed by atoms with Crippen LogP contribution in [0.4, 0.5) is 5.69 Å². The van der Waals surface area contributed by atoms with Crippen LogP contribution in [0.3, 0.4) is 0 Å². The van der Waals surface area contributed by atoms with E-state index >= 15 is 0 Å². The third-order valence-electron chi connectivity index (χ3n) is 6.90. The molecule has 1 saturated heterocycles. The van der Waals surface area contributed by atoms with Crippen molar-refractivity contribution in [3.63, 3.8) is 0 Å². The summed E-state index contributed by atoms with van der Waals surface area (Å²) in [6.07, 6.45) is 7.07. The summed E-state index contributed by atoms with van der Waals surface area (Å²) in [7, 11) is 1.84. The fourth-order valence-corrected chi connectivity index (χ4v) is 6.13. The highest BCUT2D eigenvalue weighted by molar-refractivity contribution is 14.0. The van der Waals surface area contributed by atoms with E-state index in [0.717, 1.165) is 18.2 Å². The van der Waals surface area contributed by atoms with Gasteiger partial charge in [-0.25, -0.2) is 0 Å². The second-order valence-corrected chi connectivity index (χ2v) is 9.95. The van der Waals surface area contributed by atoms with E-state index in [1.54, 1.807) is 0 Å². The average Bonchev–Trinajstić information content (AvgIpc) is 2.80. The van der Waals surface area contributed by atoms with Crippen molar-refractivity contribution < 1.29 is 4.79 Å². The summed E-state index contributed by atoms with van der Waals surface area (Å²) in [5.41, 5.74) is 2.40. The molecule has 0 aromatic heterocycles. The number of amides is 1. The summed E-state index contributed by atoms with van der Waals surface area (Å²) in [4.78, 5) is 19.3. The monoisotopic (exact) mass is 557 g/mol. The number of benzene rings is 1. The maximum Gasteiger partial charge on any atom is 0.225 e. The summed E-state index contributed by atoms with van der Waals surface area (Å²) < 4.78 is 0. The second kappa shape index (κ2) is 11.7. The fourth-order valence-electron chi connectivity index (χ4n) is 5.23. The third kappa shape index (κ3) is 6.07. The Kier molecular flexibility index (Phi) is 9.33. The van der Waals surface area contributed by atoms with E-state index in [0.29, 0.717) is 13.0 Å². The van der Waals surface area contributed by atoms with Crippen molar-refractivity contribution in [3.8, 4) is 0 Å². The lowest BCUT2D eigenvalue weighted by atomic mass is 9.80. The van der Waals surface area contributed by atoms with Crippen molar-refractivity contribution >= 4 is 53.3 Å². The van der Waals surface area contributed by atoms with Gasteiger partial charge in [-0.2, -0.15) is 11.8 Å². The number of rotatable bonds is 5. The van der Waals surface area contributed by atoms with E-state index < -0.39 is 0 Å². The molecule has 3 aliphatic rings. The Labute approximate surface area is 207 Å². The Morgan fingerprint density at radius 2 is 1.94 bits per heavy atom. The largest absolute Gasteiger partial charge is 0.356 e. The predicted octanol–water partition coefficient (Wildman–Crippen LogP) is 3.65. The van der Waals surface area contributed by atoms with E-state index in [1.165, 1.54) is 62.3 Å². The van der Waals surface area contributed by atoms with Gasteiger partial charge in [-0.15, -0.1) is 24.0 Å². The number of hydrogen-bond acceptors (Lipinski definition) is 4. The minimum Gasteiger partial charge on any atom is -0.356 e. The standard InChI is InChI=1S/C23H35N5OS.HI/c1-24-22(25-16-18-15-21(29)27-20-8-4-3-7-19(18)20)26-17-23(9-5-2-6-10-23)28-11-13-30-14-12-28;/h3-4,7-8,18H,2,5-6,9-17H2,1H3,(H,27,29)(H2,24,25,26);1H. The molecule has 172 valence electrons. The van der Waals surface area contributed by atoms with E-state index in [4.69, 9.17) is 0 Å². The van der Waals surface area contributed by atoms with E-state index in [2.05, 4.69) is 43.7 Å². The molecule has 6 nitrogen and oxygen atoms in total. The number of fused-ring (bicyclic) bond motifs is 1. The van der Waals surface area contributed by atoms with Crippen molar-refractivity contribution in [2.24, 2.45) is 4.99 Å². The number of nitrogens with zero attached hydrogens (tertiary/aromatic N) is 2. The molecule has 1 aliphatic carbocycles. The molecule has 4 rings (SSSR count). The third-order valence-corrected chi connectivity index (χ3v) is 7.84. The van der Waals surface area contributed by atoms with Crippen LogP contribution in [-0.4, -0.2) is 67.0 Å².